The SMILES string of the molecule is C/C(=N\N=C1\NC(=O)C(CC(=O)Nc2ccccc2[N+](=O)[O-])S1)C1CCCCC1. The zero-order valence-corrected chi connectivity index (χ0v) is 16.9. The van der Waals surface area contributed by atoms with Crippen LogP contribution < -0.4 is 10.6 Å². The first-order valence-corrected chi connectivity index (χ1v) is 10.4. The molecule has 1 aliphatic heterocycles. The van der Waals surface area contributed by atoms with Crippen LogP contribution in [0.15, 0.2) is 34.5 Å². The number of nitrogens with one attached hydrogen (secondary N) is 2. The second-order valence-electron chi connectivity index (χ2n) is 7.10. The maximum Gasteiger partial charge on any atom is 0.292 e. The molecule has 1 heterocycles. The van der Waals surface area contributed by atoms with Gasteiger partial charge in [0.1, 0.15) is 10.9 Å². The summed E-state index contributed by atoms with van der Waals surface area (Å²) in [5, 5.41) is 24.3. The third kappa shape index (κ3) is 5.63. The number of amides is 2. The Hall–Kier alpha value is -2.75. The minimum atomic E-state index is -0.651. The van der Waals surface area contributed by atoms with Gasteiger partial charge in [-0.3, -0.25) is 19.7 Å². The average molecular weight is 417 g/mol. The largest absolute Gasteiger partial charge is 0.320 e. The van der Waals surface area contributed by atoms with E-state index in [0.717, 1.165) is 30.3 Å². The first kappa shape index (κ1) is 21.0. The van der Waals surface area contributed by atoms with Crippen LogP contribution in [0.25, 0.3) is 0 Å². The second kappa shape index (κ2) is 9.64. The highest BCUT2D eigenvalue weighted by Gasteiger charge is 2.32. The summed E-state index contributed by atoms with van der Waals surface area (Å²) in [5.41, 5.74) is 0.872. The van der Waals surface area contributed by atoms with Crippen LogP contribution in [0.2, 0.25) is 0 Å². The van der Waals surface area contributed by atoms with Crippen LogP contribution in [-0.2, 0) is 9.59 Å². The van der Waals surface area contributed by atoms with Crippen LogP contribution in [-0.4, -0.2) is 32.9 Å². The molecule has 29 heavy (non-hydrogen) atoms. The summed E-state index contributed by atoms with van der Waals surface area (Å²) in [4.78, 5) is 34.9. The molecule has 1 aromatic rings. The molecule has 0 bridgehead atoms. The van der Waals surface area contributed by atoms with E-state index in [-0.39, 0.29) is 23.7 Å². The highest BCUT2D eigenvalue weighted by molar-refractivity contribution is 8.15. The van der Waals surface area contributed by atoms with E-state index in [1.54, 1.807) is 6.07 Å². The lowest BCUT2D eigenvalue weighted by atomic mass is 9.86. The van der Waals surface area contributed by atoms with Gasteiger partial charge in [0, 0.05) is 18.2 Å². The number of benzene rings is 1. The molecule has 154 valence electrons. The number of rotatable bonds is 6. The fraction of sp³-hybridized carbons (Fsp3) is 0.474. The summed E-state index contributed by atoms with van der Waals surface area (Å²) in [6, 6.07) is 5.88. The van der Waals surface area contributed by atoms with E-state index in [2.05, 4.69) is 20.8 Å². The summed E-state index contributed by atoms with van der Waals surface area (Å²) < 4.78 is 0. The van der Waals surface area contributed by atoms with Crippen molar-refractivity contribution in [3.63, 3.8) is 0 Å². The normalized spacial score (nSPS) is 21.8. The van der Waals surface area contributed by atoms with Crippen molar-refractivity contribution in [2.75, 3.05) is 5.32 Å². The van der Waals surface area contributed by atoms with E-state index in [9.17, 15) is 19.7 Å². The van der Waals surface area contributed by atoms with Crippen molar-refractivity contribution in [1.82, 2.24) is 5.32 Å². The number of para-hydroxylation sites is 2. The Morgan fingerprint density at radius 1 is 1.31 bits per heavy atom. The Morgan fingerprint density at radius 3 is 2.76 bits per heavy atom. The van der Waals surface area contributed by atoms with Gasteiger partial charge in [0.15, 0.2) is 5.17 Å². The molecule has 2 N–H and O–H groups in total. The molecule has 1 saturated heterocycles. The van der Waals surface area contributed by atoms with Crippen molar-refractivity contribution in [3.8, 4) is 0 Å². The number of thioether (sulfide) groups is 1. The van der Waals surface area contributed by atoms with Crippen molar-refractivity contribution >= 4 is 45.8 Å². The van der Waals surface area contributed by atoms with Gasteiger partial charge in [-0.15, -0.1) is 5.10 Å². The zero-order chi connectivity index (χ0) is 20.8. The summed E-state index contributed by atoms with van der Waals surface area (Å²) in [6.07, 6.45) is 5.79. The fourth-order valence-electron chi connectivity index (χ4n) is 3.42. The van der Waals surface area contributed by atoms with E-state index in [0.29, 0.717) is 11.1 Å². The zero-order valence-electron chi connectivity index (χ0n) is 16.1. The van der Waals surface area contributed by atoms with Crippen molar-refractivity contribution in [3.05, 3.63) is 34.4 Å². The van der Waals surface area contributed by atoms with Gasteiger partial charge in [0.05, 0.1) is 4.92 Å². The topological polar surface area (TPSA) is 126 Å². The Kier molecular flexibility index (Phi) is 6.97. The van der Waals surface area contributed by atoms with Gasteiger partial charge in [-0.2, -0.15) is 5.10 Å². The second-order valence-corrected chi connectivity index (χ2v) is 8.30. The maximum absolute atomic E-state index is 12.3. The van der Waals surface area contributed by atoms with Gasteiger partial charge in [0.2, 0.25) is 11.8 Å². The number of nitro groups is 1. The van der Waals surface area contributed by atoms with Gasteiger partial charge >= 0.3 is 0 Å². The van der Waals surface area contributed by atoms with Gasteiger partial charge < -0.3 is 10.6 Å². The highest BCUT2D eigenvalue weighted by Crippen LogP contribution is 2.27. The number of carbonyl (C=O) groups is 2. The van der Waals surface area contributed by atoms with Crippen molar-refractivity contribution in [2.24, 2.45) is 16.1 Å². The molecule has 0 spiro atoms. The van der Waals surface area contributed by atoms with Crippen molar-refractivity contribution < 1.29 is 14.5 Å². The molecule has 0 radical (unpaired) electrons. The van der Waals surface area contributed by atoms with Gasteiger partial charge in [-0.05, 0) is 31.7 Å². The molecule has 1 aliphatic carbocycles. The summed E-state index contributed by atoms with van der Waals surface area (Å²) in [6.45, 7) is 1.96. The van der Waals surface area contributed by atoms with Crippen LogP contribution in [0.5, 0.6) is 0 Å². The monoisotopic (exact) mass is 417 g/mol. The molecular formula is C19H23N5O4S. The number of nitrogens with zero attached hydrogens (tertiary/aromatic N) is 3. The minimum absolute atomic E-state index is 0.104. The van der Waals surface area contributed by atoms with Gasteiger partial charge in [-0.1, -0.05) is 43.2 Å². The Morgan fingerprint density at radius 2 is 2.03 bits per heavy atom. The molecule has 1 unspecified atom stereocenters. The molecule has 10 heteroatoms. The Bertz CT molecular complexity index is 864. The van der Waals surface area contributed by atoms with Crippen LogP contribution in [0.3, 0.4) is 0 Å². The molecular weight excluding hydrogens is 394 g/mol. The number of hydrogen-bond donors (Lipinski definition) is 2. The van der Waals surface area contributed by atoms with Crippen LogP contribution in [0.1, 0.15) is 45.4 Å². The standard InChI is InChI=1S/C19H23N5O4S/c1-12(13-7-3-2-4-8-13)22-23-19-21-18(26)16(29-19)11-17(25)20-14-9-5-6-10-15(14)24(27)28/h5-6,9-10,13,16H,2-4,7-8,11H2,1H3,(H,20,25)(H,21,23,26)/b22-12+. The Labute approximate surface area is 172 Å². The molecule has 9 nitrogen and oxygen atoms in total. The average Bonchev–Trinajstić information content (AvgIpc) is 3.06. The highest BCUT2D eigenvalue weighted by atomic mass is 32.2. The molecule has 2 fully saturated rings. The lowest BCUT2D eigenvalue weighted by Gasteiger charge is -2.20. The van der Waals surface area contributed by atoms with Crippen molar-refractivity contribution in [1.29, 1.82) is 0 Å². The van der Waals surface area contributed by atoms with Gasteiger partial charge in [0.25, 0.3) is 5.69 Å². The maximum atomic E-state index is 12.3. The Balaban J connectivity index is 1.58. The third-order valence-corrected chi connectivity index (χ3v) is 6.09. The smallest absolute Gasteiger partial charge is 0.292 e. The predicted molar refractivity (Wildman–Crippen MR) is 113 cm³/mol. The van der Waals surface area contributed by atoms with E-state index in [1.807, 2.05) is 6.92 Å². The number of hydrogen-bond acceptors (Lipinski definition) is 7. The third-order valence-electron chi connectivity index (χ3n) is 5.02. The molecule has 1 aromatic carbocycles. The van der Waals surface area contributed by atoms with Crippen LogP contribution in [0.4, 0.5) is 11.4 Å². The van der Waals surface area contributed by atoms with Crippen LogP contribution in [0, 0.1) is 16.0 Å². The van der Waals surface area contributed by atoms with Crippen LogP contribution >= 0.6 is 11.8 Å². The summed E-state index contributed by atoms with van der Waals surface area (Å²) in [5.74, 6) is -0.356. The quantitative estimate of drug-likeness (QED) is 0.416. The molecule has 1 atom stereocenters. The molecule has 2 aliphatic rings. The first-order valence-electron chi connectivity index (χ1n) is 9.57. The number of carbonyl (C=O) groups excluding carboxylic acids is 2. The minimum Gasteiger partial charge on any atom is -0.320 e. The number of amidine groups is 1. The van der Waals surface area contributed by atoms with Crippen molar-refractivity contribution in [2.45, 2.75) is 50.7 Å². The lowest BCUT2D eigenvalue weighted by molar-refractivity contribution is -0.383. The predicted octanol–water partition coefficient (Wildman–Crippen LogP) is 3.47. The molecule has 1 saturated carbocycles. The number of nitro benzene ring substituents is 1. The van der Waals surface area contributed by atoms with Gasteiger partial charge in [-0.25, -0.2) is 0 Å². The molecule has 2 amide bonds. The molecule has 3 rings (SSSR count). The first-order chi connectivity index (χ1) is 13.9. The summed E-state index contributed by atoms with van der Waals surface area (Å²) >= 11 is 1.14. The fourth-order valence-corrected chi connectivity index (χ4v) is 4.34. The lowest BCUT2D eigenvalue weighted by Crippen LogP contribution is -2.28. The number of anilines is 1. The van der Waals surface area contributed by atoms with E-state index in [1.165, 1.54) is 37.5 Å². The van der Waals surface area contributed by atoms with E-state index >= 15 is 0 Å². The van der Waals surface area contributed by atoms with E-state index < -0.39 is 16.1 Å². The summed E-state index contributed by atoms with van der Waals surface area (Å²) in [7, 11) is 0. The van der Waals surface area contributed by atoms with E-state index in [4.69, 9.17) is 0 Å². The molecule has 0 aromatic heterocycles.